The van der Waals surface area contributed by atoms with Crippen LogP contribution in [0, 0.1) is 5.82 Å². The molecule has 33 heavy (non-hydrogen) atoms. The topological polar surface area (TPSA) is 149 Å². The van der Waals surface area contributed by atoms with Gasteiger partial charge in [0.2, 0.25) is 5.43 Å². The Morgan fingerprint density at radius 2 is 2.18 bits per heavy atom. The molecule has 1 aromatic carbocycles. The molecule has 1 aliphatic rings. The number of carboxylic acid groups (broad SMARTS) is 1. The van der Waals surface area contributed by atoms with Gasteiger partial charge in [0, 0.05) is 31.7 Å². The van der Waals surface area contributed by atoms with Crippen molar-refractivity contribution < 1.29 is 23.8 Å². The third-order valence-corrected chi connectivity index (χ3v) is 5.44. The Morgan fingerprint density at radius 3 is 2.88 bits per heavy atom. The van der Waals surface area contributed by atoms with Gasteiger partial charge in [-0.05, 0) is 25.5 Å². The molecule has 172 valence electrons. The minimum absolute atomic E-state index is 0.0123. The molecule has 1 amide bonds. The van der Waals surface area contributed by atoms with E-state index in [0.29, 0.717) is 18.5 Å². The molecule has 4 rings (SSSR count). The van der Waals surface area contributed by atoms with E-state index in [1.165, 1.54) is 12.4 Å². The van der Waals surface area contributed by atoms with E-state index in [0.717, 1.165) is 0 Å². The van der Waals surface area contributed by atoms with Gasteiger partial charge >= 0.3 is 5.97 Å². The molecular formula is C22H22FN5O5. The Morgan fingerprint density at radius 1 is 1.39 bits per heavy atom. The lowest BCUT2D eigenvalue weighted by Gasteiger charge is -2.29. The van der Waals surface area contributed by atoms with Crippen molar-refractivity contribution in [1.29, 1.82) is 0 Å². The van der Waals surface area contributed by atoms with E-state index in [-0.39, 0.29) is 47.4 Å². The molecule has 3 heterocycles. The lowest BCUT2D eigenvalue weighted by molar-refractivity contribution is 0.0694. The summed E-state index contributed by atoms with van der Waals surface area (Å²) in [6.07, 6.45) is 4.73. The average Bonchev–Trinajstić information content (AvgIpc) is 2.80. The van der Waals surface area contributed by atoms with E-state index < -0.39 is 28.5 Å². The van der Waals surface area contributed by atoms with Crippen LogP contribution >= 0.6 is 0 Å². The molecule has 0 saturated heterocycles. The van der Waals surface area contributed by atoms with Crippen molar-refractivity contribution in [1.82, 2.24) is 14.9 Å². The van der Waals surface area contributed by atoms with Gasteiger partial charge in [0.1, 0.15) is 17.9 Å². The van der Waals surface area contributed by atoms with E-state index in [2.05, 4.69) is 15.6 Å². The number of amides is 1. The fraction of sp³-hybridized carbons (Fsp3) is 0.273. The molecule has 1 atom stereocenters. The number of hydrogen-bond donors (Lipinski definition) is 4. The normalized spacial score (nSPS) is 14.5. The Hall–Kier alpha value is -4.15. The number of benzene rings is 1. The summed E-state index contributed by atoms with van der Waals surface area (Å²) in [7, 11) is 0. The second kappa shape index (κ2) is 8.77. The third-order valence-electron chi connectivity index (χ3n) is 5.44. The molecule has 0 radical (unpaired) electrons. The van der Waals surface area contributed by atoms with Gasteiger partial charge in [-0.2, -0.15) is 0 Å². The van der Waals surface area contributed by atoms with Gasteiger partial charge in [0.15, 0.2) is 11.6 Å². The average molecular weight is 455 g/mol. The van der Waals surface area contributed by atoms with Crippen LogP contribution < -0.4 is 26.5 Å². The number of ether oxygens (including phenoxy) is 1. The first kappa shape index (κ1) is 22.1. The number of anilines is 2. The zero-order chi connectivity index (χ0) is 23.7. The monoisotopic (exact) mass is 455 g/mol. The number of nitrogens with zero attached hydrogens (tertiary/aromatic N) is 2. The number of pyridine rings is 2. The second-order valence-electron chi connectivity index (χ2n) is 7.68. The first-order chi connectivity index (χ1) is 15.8. The molecule has 0 spiro atoms. The zero-order valence-corrected chi connectivity index (χ0v) is 17.7. The number of aromatic nitrogens is 2. The summed E-state index contributed by atoms with van der Waals surface area (Å²) in [6, 6.07) is 3.01. The summed E-state index contributed by atoms with van der Waals surface area (Å²) in [5, 5.41) is 14.9. The van der Waals surface area contributed by atoms with Crippen molar-refractivity contribution in [2.75, 3.05) is 30.7 Å². The number of carbonyl (C=O) groups excluding carboxylic acids is 1. The number of aromatic carboxylic acids is 1. The molecule has 5 N–H and O–H groups in total. The van der Waals surface area contributed by atoms with Crippen molar-refractivity contribution >= 4 is 34.2 Å². The van der Waals surface area contributed by atoms with Crippen LogP contribution in [0.25, 0.3) is 10.9 Å². The molecule has 0 unspecified atom stereocenters. The van der Waals surface area contributed by atoms with Crippen LogP contribution in [0.1, 0.15) is 40.1 Å². The van der Waals surface area contributed by atoms with Gasteiger partial charge in [0.05, 0.1) is 28.2 Å². The largest absolute Gasteiger partial charge is 0.487 e. The highest BCUT2D eigenvalue weighted by atomic mass is 19.1. The Bertz CT molecular complexity index is 1310. The quantitative estimate of drug-likeness (QED) is 0.312. The molecule has 10 nitrogen and oxygen atoms in total. The Kier molecular flexibility index (Phi) is 5.86. The summed E-state index contributed by atoms with van der Waals surface area (Å²) in [5.41, 5.74) is 4.82. The summed E-state index contributed by atoms with van der Waals surface area (Å²) < 4.78 is 22.5. The summed E-state index contributed by atoms with van der Waals surface area (Å²) in [6.45, 7) is 2.54. The number of carbonyl (C=O) groups is 2. The molecule has 3 aromatic rings. The highest BCUT2D eigenvalue weighted by molar-refractivity contribution is 6.03. The van der Waals surface area contributed by atoms with Crippen molar-refractivity contribution in [3.8, 4) is 5.75 Å². The SMILES string of the molecule is C[C@H]1COc2c(NCCCNC(=O)c3cccnc3)c(F)c(N)c3c(=O)c(C(=O)O)cn1c23. The second-order valence-corrected chi connectivity index (χ2v) is 7.68. The fourth-order valence-corrected chi connectivity index (χ4v) is 3.76. The van der Waals surface area contributed by atoms with Crippen molar-refractivity contribution in [3.63, 3.8) is 0 Å². The molecule has 0 aliphatic carbocycles. The lowest BCUT2D eigenvalue weighted by Crippen LogP contribution is -2.28. The third kappa shape index (κ3) is 3.93. The van der Waals surface area contributed by atoms with E-state index >= 15 is 4.39 Å². The smallest absolute Gasteiger partial charge is 0.341 e. The van der Waals surface area contributed by atoms with E-state index in [9.17, 15) is 19.5 Å². The molecule has 0 saturated carbocycles. The summed E-state index contributed by atoms with van der Waals surface area (Å²) in [4.78, 5) is 40.2. The highest BCUT2D eigenvalue weighted by Crippen LogP contribution is 2.43. The van der Waals surface area contributed by atoms with Crippen LogP contribution in [-0.2, 0) is 0 Å². The molecule has 11 heteroatoms. The Balaban J connectivity index is 1.58. The van der Waals surface area contributed by atoms with E-state index in [4.69, 9.17) is 10.5 Å². The van der Waals surface area contributed by atoms with Gasteiger partial charge in [-0.3, -0.25) is 14.6 Å². The number of hydrogen-bond acceptors (Lipinski definition) is 7. The van der Waals surface area contributed by atoms with Crippen LogP contribution in [-0.4, -0.2) is 46.2 Å². The predicted molar refractivity (Wildman–Crippen MR) is 119 cm³/mol. The van der Waals surface area contributed by atoms with Crippen LogP contribution in [0.3, 0.4) is 0 Å². The van der Waals surface area contributed by atoms with Gasteiger partial charge < -0.3 is 30.8 Å². The predicted octanol–water partition coefficient (Wildman–Crippen LogP) is 2.00. The standard InChI is InChI=1S/C22H22FN5O5/c1-11-10-33-20-17(26-6-3-7-27-21(30)12-4-2-5-25-8-12)15(23)16(24)14-18(20)28(11)9-13(19(14)29)22(31)32/h2,4-5,8-9,11,26H,3,6-7,10,24H2,1H3,(H,27,30)(H,31,32)/t11-/m0/s1. The highest BCUT2D eigenvalue weighted by Gasteiger charge is 2.30. The molecule has 0 bridgehead atoms. The van der Waals surface area contributed by atoms with Gasteiger partial charge in [-0.1, -0.05) is 0 Å². The number of halogens is 1. The van der Waals surface area contributed by atoms with E-state index in [1.54, 1.807) is 29.8 Å². The van der Waals surface area contributed by atoms with Crippen LogP contribution in [0.4, 0.5) is 15.8 Å². The van der Waals surface area contributed by atoms with Crippen molar-refractivity contribution in [2.24, 2.45) is 0 Å². The fourth-order valence-electron chi connectivity index (χ4n) is 3.76. The van der Waals surface area contributed by atoms with E-state index in [1.807, 2.05) is 0 Å². The summed E-state index contributed by atoms with van der Waals surface area (Å²) in [5.74, 6) is -2.47. The van der Waals surface area contributed by atoms with Gasteiger partial charge in [-0.25, -0.2) is 9.18 Å². The molecular weight excluding hydrogens is 433 g/mol. The Labute approximate surface area is 187 Å². The first-order valence-electron chi connectivity index (χ1n) is 10.3. The zero-order valence-electron chi connectivity index (χ0n) is 17.7. The number of nitrogens with one attached hydrogen (secondary N) is 2. The number of carboxylic acids is 1. The van der Waals surface area contributed by atoms with Crippen LogP contribution in [0.2, 0.25) is 0 Å². The maximum absolute atomic E-state index is 15.2. The van der Waals surface area contributed by atoms with Gasteiger partial charge in [0.25, 0.3) is 5.91 Å². The number of rotatable bonds is 7. The molecule has 1 aliphatic heterocycles. The van der Waals surface area contributed by atoms with Crippen LogP contribution in [0.5, 0.6) is 5.75 Å². The minimum atomic E-state index is -1.42. The number of nitrogen functional groups attached to an aromatic ring is 1. The molecule has 2 aromatic heterocycles. The van der Waals surface area contributed by atoms with Crippen molar-refractivity contribution in [3.05, 3.63) is 57.9 Å². The van der Waals surface area contributed by atoms with Crippen molar-refractivity contribution in [2.45, 2.75) is 19.4 Å². The first-order valence-corrected chi connectivity index (χ1v) is 10.3. The van der Waals surface area contributed by atoms with Gasteiger partial charge in [-0.15, -0.1) is 0 Å². The molecule has 0 fully saturated rings. The van der Waals surface area contributed by atoms with Crippen LogP contribution in [0.15, 0.2) is 35.5 Å². The maximum Gasteiger partial charge on any atom is 0.341 e. The summed E-state index contributed by atoms with van der Waals surface area (Å²) >= 11 is 0. The maximum atomic E-state index is 15.2. The lowest BCUT2D eigenvalue weighted by atomic mass is 10.0. The number of nitrogens with two attached hydrogens (primary N) is 1. The minimum Gasteiger partial charge on any atom is -0.487 e.